The normalized spacial score (nSPS) is 11.0. The van der Waals surface area contributed by atoms with Gasteiger partial charge in [-0.2, -0.15) is 0 Å². The van der Waals surface area contributed by atoms with Gasteiger partial charge in [-0.3, -0.25) is 0 Å². The standard InChI is InChI=1S/C14H23O2P/c1-3-15-17(16-4-2)13-9-8-12-14-10-6-5-7-11-14/h5-7,10-11H,3-4,8-9,12-13H2,1-2H3. The lowest BCUT2D eigenvalue weighted by atomic mass is 10.1. The Morgan fingerprint density at radius 2 is 1.59 bits per heavy atom. The fraction of sp³-hybridized carbons (Fsp3) is 0.571. The Hall–Kier alpha value is -0.430. The van der Waals surface area contributed by atoms with Crippen LogP contribution in [0.4, 0.5) is 0 Å². The number of unbranched alkanes of at least 4 members (excludes halogenated alkanes) is 1. The first-order valence-corrected chi connectivity index (χ1v) is 7.80. The van der Waals surface area contributed by atoms with Crippen LogP contribution in [0.1, 0.15) is 32.3 Å². The number of hydrogen-bond donors (Lipinski definition) is 0. The van der Waals surface area contributed by atoms with Gasteiger partial charge in [-0.15, -0.1) is 0 Å². The van der Waals surface area contributed by atoms with E-state index >= 15 is 0 Å². The molecular formula is C14H23O2P. The van der Waals surface area contributed by atoms with Crippen LogP contribution >= 0.6 is 8.38 Å². The van der Waals surface area contributed by atoms with Crippen molar-refractivity contribution in [3.8, 4) is 0 Å². The molecule has 0 aromatic heterocycles. The summed E-state index contributed by atoms with van der Waals surface area (Å²) in [6.07, 6.45) is 4.61. The van der Waals surface area contributed by atoms with Crippen LogP contribution < -0.4 is 0 Å². The molecule has 17 heavy (non-hydrogen) atoms. The summed E-state index contributed by atoms with van der Waals surface area (Å²) in [5.41, 5.74) is 1.42. The largest absolute Gasteiger partial charge is 0.334 e. The van der Waals surface area contributed by atoms with E-state index in [1.807, 2.05) is 13.8 Å². The summed E-state index contributed by atoms with van der Waals surface area (Å²) in [7, 11) is -0.641. The highest BCUT2D eigenvalue weighted by Gasteiger charge is 2.07. The molecule has 1 aromatic carbocycles. The third kappa shape index (κ3) is 6.78. The molecule has 0 spiro atoms. The lowest BCUT2D eigenvalue weighted by Gasteiger charge is -2.15. The van der Waals surface area contributed by atoms with Crippen LogP contribution in [0.3, 0.4) is 0 Å². The maximum atomic E-state index is 5.58. The Morgan fingerprint density at radius 3 is 2.18 bits per heavy atom. The fourth-order valence-electron chi connectivity index (χ4n) is 1.67. The SMILES string of the molecule is CCOP(CCCCc1ccccc1)OCC. The molecule has 0 fully saturated rings. The van der Waals surface area contributed by atoms with E-state index < -0.39 is 8.38 Å². The predicted octanol–water partition coefficient (Wildman–Crippen LogP) is 4.39. The maximum absolute atomic E-state index is 5.58. The zero-order chi connectivity index (χ0) is 12.3. The third-order valence-corrected chi connectivity index (χ3v) is 4.22. The smallest absolute Gasteiger partial charge is 0.170 e. The van der Waals surface area contributed by atoms with Gasteiger partial charge in [-0.05, 0) is 38.7 Å². The Labute approximate surface area is 106 Å². The molecule has 2 nitrogen and oxygen atoms in total. The van der Waals surface area contributed by atoms with Gasteiger partial charge in [0, 0.05) is 6.16 Å². The van der Waals surface area contributed by atoms with Crippen molar-refractivity contribution in [2.24, 2.45) is 0 Å². The van der Waals surface area contributed by atoms with Gasteiger partial charge in [-0.25, -0.2) is 0 Å². The summed E-state index contributed by atoms with van der Waals surface area (Å²) in [5, 5.41) is 0. The van der Waals surface area contributed by atoms with Gasteiger partial charge >= 0.3 is 0 Å². The topological polar surface area (TPSA) is 18.5 Å². The first kappa shape index (κ1) is 14.6. The molecule has 0 atom stereocenters. The van der Waals surface area contributed by atoms with Gasteiger partial charge in [-0.1, -0.05) is 30.3 Å². The Morgan fingerprint density at radius 1 is 0.941 bits per heavy atom. The van der Waals surface area contributed by atoms with E-state index in [9.17, 15) is 0 Å². The summed E-state index contributed by atoms with van der Waals surface area (Å²) in [6.45, 7) is 5.56. The molecule has 3 heteroatoms. The molecule has 0 aliphatic carbocycles. The highest BCUT2D eigenvalue weighted by Crippen LogP contribution is 2.38. The zero-order valence-electron chi connectivity index (χ0n) is 10.9. The molecule has 0 unspecified atom stereocenters. The predicted molar refractivity (Wildman–Crippen MR) is 74.4 cm³/mol. The van der Waals surface area contributed by atoms with Crippen molar-refractivity contribution in [2.45, 2.75) is 33.1 Å². The van der Waals surface area contributed by atoms with E-state index in [-0.39, 0.29) is 0 Å². The van der Waals surface area contributed by atoms with E-state index in [2.05, 4.69) is 30.3 Å². The van der Waals surface area contributed by atoms with Gasteiger partial charge in [0.05, 0.1) is 13.2 Å². The summed E-state index contributed by atoms with van der Waals surface area (Å²) < 4.78 is 11.2. The number of hydrogen-bond acceptors (Lipinski definition) is 2. The summed E-state index contributed by atoms with van der Waals surface area (Å²) in [6, 6.07) is 10.6. The van der Waals surface area contributed by atoms with Crippen LogP contribution in [-0.2, 0) is 15.5 Å². The number of rotatable bonds is 9. The maximum Gasteiger partial charge on any atom is 0.170 e. The van der Waals surface area contributed by atoms with Crippen molar-refractivity contribution >= 4 is 8.38 Å². The molecule has 0 N–H and O–H groups in total. The summed E-state index contributed by atoms with van der Waals surface area (Å²) >= 11 is 0. The number of aryl methyl sites for hydroxylation is 1. The van der Waals surface area contributed by atoms with Gasteiger partial charge in [0.25, 0.3) is 0 Å². The third-order valence-electron chi connectivity index (χ3n) is 2.45. The van der Waals surface area contributed by atoms with Gasteiger partial charge in [0.15, 0.2) is 8.38 Å². The molecule has 0 amide bonds. The van der Waals surface area contributed by atoms with Gasteiger partial charge < -0.3 is 9.05 Å². The zero-order valence-corrected chi connectivity index (χ0v) is 11.8. The van der Waals surface area contributed by atoms with Crippen LogP contribution in [0.5, 0.6) is 0 Å². The van der Waals surface area contributed by atoms with Crippen molar-refractivity contribution in [2.75, 3.05) is 19.4 Å². The minimum Gasteiger partial charge on any atom is -0.334 e. The molecule has 0 bridgehead atoms. The average molecular weight is 254 g/mol. The second-order valence-electron chi connectivity index (χ2n) is 3.83. The lowest BCUT2D eigenvalue weighted by molar-refractivity contribution is 0.269. The van der Waals surface area contributed by atoms with Crippen LogP contribution in [0, 0.1) is 0 Å². The Balaban J connectivity index is 2.13. The molecule has 0 aliphatic heterocycles. The Kier molecular flexibility index (Phi) is 8.25. The van der Waals surface area contributed by atoms with E-state index in [1.165, 1.54) is 18.4 Å². The van der Waals surface area contributed by atoms with Crippen LogP contribution in [0.25, 0.3) is 0 Å². The highest BCUT2D eigenvalue weighted by atomic mass is 31.2. The molecule has 96 valence electrons. The number of benzene rings is 1. The van der Waals surface area contributed by atoms with E-state index in [1.54, 1.807) is 0 Å². The fourth-order valence-corrected chi connectivity index (χ4v) is 3.06. The molecular weight excluding hydrogens is 231 g/mol. The van der Waals surface area contributed by atoms with E-state index in [0.717, 1.165) is 25.8 Å². The minimum atomic E-state index is -0.641. The molecule has 0 radical (unpaired) electrons. The van der Waals surface area contributed by atoms with Crippen LogP contribution in [0.15, 0.2) is 30.3 Å². The first-order valence-electron chi connectivity index (χ1n) is 6.44. The van der Waals surface area contributed by atoms with Crippen molar-refractivity contribution in [3.05, 3.63) is 35.9 Å². The molecule has 0 saturated carbocycles. The summed E-state index contributed by atoms with van der Waals surface area (Å²) in [5.74, 6) is 0. The monoisotopic (exact) mass is 254 g/mol. The Bertz CT molecular complexity index is 271. The average Bonchev–Trinajstić information content (AvgIpc) is 2.36. The quantitative estimate of drug-likeness (QED) is 0.480. The van der Waals surface area contributed by atoms with E-state index in [0.29, 0.717) is 0 Å². The second-order valence-corrected chi connectivity index (χ2v) is 5.46. The van der Waals surface area contributed by atoms with E-state index in [4.69, 9.17) is 9.05 Å². The van der Waals surface area contributed by atoms with Crippen molar-refractivity contribution < 1.29 is 9.05 Å². The minimum absolute atomic E-state index is 0.641. The molecule has 1 aromatic rings. The van der Waals surface area contributed by atoms with Gasteiger partial charge in [0.2, 0.25) is 0 Å². The first-order chi connectivity index (χ1) is 8.36. The van der Waals surface area contributed by atoms with Crippen LogP contribution in [0.2, 0.25) is 0 Å². The molecule has 1 rings (SSSR count). The lowest BCUT2D eigenvalue weighted by Crippen LogP contribution is -1.96. The second kappa shape index (κ2) is 9.58. The van der Waals surface area contributed by atoms with Crippen LogP contribution in [-0.4, -0.2) is 19.4 Å². The van der Waals surface area contributed by atoms with Gasteiger partial charge in [0.1, 0.15) is 0 Å². The highest BCUT2D eigenvalue weighted by molar-refractivity contribution is 7.47. The molecule has 0 saturated heterocycles. The van der Waals surface area contributed by atoms with Crippen molar-refractivity contribution in [3.63, 3.8) is 0 Å². The van der Waals surface area contributed by atoms with Crippen molar-refractivity contribution in [1.29, 1.82) is 0 Å². The molecule has 0 aliphatic rings. The summed E-state index contributed by atoms with van der Waals surface area (Å²) in [4.78, 5) is 0. The molecule has 0 heterocycles. The van der Waals surface area contributed by atoms with Crippen molar-refractivity contribution in [1.82, 2.24) is 0 Å².